The summed E-state index contributed by atoms with van der Waals surface area (Å²) in [6.45, 7) is 13.2. The quantitative estimate of drug-likeness (QED) is 0.599. The Balaban J connectivity index is 0.000000541. The maximum absolute atomic E-state index is 4.30. The molecule has 0 atom stereocenters. The van der Waals surface area contributed by atoms with E-state index in [4.69, 9.17) is 0 Å². The molecular formula is C21H30S. The van der Waals surface area contributed by atoms with Crippen molar-refractivity contribution in [2.75, 3.05) is 0 Å². The van der Waals surface area contributed by atoms with Crippen LogP contribution in [0.2, 0.25) is 0 Å². The zero-order valence-electron chi connectivity index (χ0n) is 14.9. The third-order valence-electron chi connectivity index (χ3n) is 3.16. The largest absolute Gasteiger partial charge is 0.143 e. The van der Waals surface area contributed by atoms with Crippen LogP contribution in [0.5, 0.6) is 0 Å². The average molecular weight is 315 g/mol. The molecule has 2 aromatic carbocycles. The van der Waals surface area contributed by atoms with E-state index >= 15 is 0 Å². The first-order valence-electron chi connectivity index (χ1n) is 8.06. The minimum absolute atomic E-state index is 0.228. The van der Waals surface area contributed by atoms with Crippen LogP contribution in [-0.2, 0) is 11.8 Å². The molecule has 0 unspecified atom stereocenters. The summed E-state index contributed by atoms with van der Waals surface area (Å²) >= 11 is 4.30. The molecule has 0 aliphatic rings. The van der Waals surface area contributed by atoms with Crippen molar-refractivity contribution in [3.63, 3.8) is 0 Å². The predicted molar refractivity (Wildman–Crippen MR) is 102 cm³/mol. The Morgan fingerprint density at radius 2 is 1.14 bits per heavy atom. The van der Waals surface area contributed by atoms with E-state index in [-0.39, 0.29) is 5.41 Å². The molecule has 22 heavy (non-hydrogen) atoms. The second kappa shape index (κ2) is 8.43. The predicted octanol–water partition coefficient (Wildman–Crippen LogP) is 6.53. The first-order valence-corrected chi connectivity index (χ1v) is 8.50. The van der Waals surface area contributed by atoms with Crippen LogP contribution in [0.1, 0.15) is 58.2 Å². The van der Waals surface area contributed by atoms with Crippen LogP contribution >= 0.6 is 12.6 Å². The van der Waals surface area contributed by atoms with Gasteiger partial charge in [0.15, 0.2) is 0 Å². The summed E-state index contributed by atoms with van der Waals surface area (Å²) in [5.41, 5.74) is 4.30. The van der Waals surface area contributed by atoms with Crippen molar-refractivity contribution in [1.82, 2.24) is 0 Å². The van der Waals surface area contributed by atoms with Gasteiger partial charge in [0.2, 0.25) is 0 Å². The minimum Gasteiger partial charge on any atom is -0.143 e. The van der Waals surface area contributed by atoms with Crippen molar-refractivity contribution >= 4 is 12.6 Å². The molecule has 0 fully saturated rings. The third-order valence-corrected chi connectivity index (χ3v) is 3.46. The maximum Gasteiger partial charge on any atom is 0.00401 e. The molecule has 0 heterocycles. The molecule has 0 radical (unpaired) electrons. The van der Waals surface area contributed by atoms with E-state index in [0.717, 1.165) is 17.2 Å². The van der Waals surface area contributed by atoms with Crippen LogP contribution in [0.15, 0.2) is 53.4 Å². The Bertz CT molecular complexity index is 539. The minimum atomic E-state index is 0.228. The van der Waals surface area contributed by atoms with Crippen LogP contribution in [0.4, 0.5) is 0 Å². The fourth-order valence-electron chi connectivity index (χ4n) is 1.97. The Labute approximate surface area is 142 Å². The molecule has 0 spiro atoms. The Kier molecular flexibility index (Phi) is 7.22. The van der Waals surface area contributed by atoms with Gasteiger partial charge in [-0.3, -0.25) is 0 Å². The van der Waals surface area contributed by atoms with Gasteiger partial charge in [-0.1, -0.05) is 77.9 Å². The Hall–Kier alpha value is -1.21. The van der Waals surface area contributed by atoms with Crippen molar-refractivity contribution in [2.45, 2.75) is 58.3 Å². The second-order valence-electron chi connectivity index (χ2n) is 7.52. The Morgan fingerprint density at radius 3 is 1.50 bits per heavy atom. The van der Waals surface area contributed by atoms with E-state index in [1.165, 1.54) is 16.7 Å². The lowest BCUT2D eigenvalue weighted by Crippen LogP contribution is -2.10. The molecule has 2 aromatic rings. The molecule has 1 heteroatoms. The van der Waals surface area contributed by atoms with Gasteiger partial charge in [0.1, 0.15) is 0 Å². The average Bonchev–Trinajstić information content (AvgIpc) is 2.40. The van der Waals surface area contributed by atoms with Gasteiger partial charge in [0.25, 0.3) is 0 Å². The highest BCUT2D eigenvalue weighted by Gasteiger charge is 2.12. The fourth-order valence-corrected chi connectivity index (χ4v) is 2.12. The van der Waals surface area contributed by atoms with Crippen LogP contribution in [-0.4, -0.2) is 0 Å². The zero-order chi connectivity index (χ0) is 16.8. The maximum atomic E-state index is 4.30. The second-order valence-corrected chi connectivity index (χ2v) is 8.04. The zero-order valence-corrected chi connectivity index (χ0v) is 15.7. The monoisotopic (exact) mass is 314 g/mol. The van der Waals surface area contributed by atoms with Crippen LogP contribution in [0.3, 0.4) is 0 Å². The lowest BCUT2D eigenvalue weighted by Gasteiger charge is -2.19. The molecule has 0 N–H and O–H groups in total. The van der Waals surface area contributed by atoms with Crippen LogP contribution < -0.4 is 0 Å². The highest BCUT2D eigenvalue weighted by molar-refractivity contribution is 7.80. The number of benzene rings is 2. The van der Waals surface area contributed by atoms with Gasteiger partial charge in [-0.25, -0.2) is 0 Å². The van der Waals surface area contributed by atoms with Crippen molar-refractivity contribution in [3.8, 4) is 0 Å². The summed E-state index contributed by atoms with van der Waals surface area (Å²) in [5, 5.41) is 0. The number of rotatable bonds is 2. The SMILES string of the molecule is CC(C)(C)c1ccc(Cc2ccc(S)cc2)cc1.CC(C)C. The van der Waals surface area contributed by atoms with Crippen molar-refractivity contribution in [3.05, 3.63) is 65.2 Å². The molecule has 0 bridgehead atoms. The summed E-state index contributed by atoms with van der Waals surface area (Å²) in [4.78, 5) is 1.02. The molecular weight excluding hydrogens is 284 g/mol. The van der Waals surface area contributed by atoms with Gasteiger partial charge in [0.05, 0.1) is 0 Å². The molecule has 0 aliphatic heterocycles. The molecule has 0 aromatic heterocycles. The van der Waals surface area contributed by atoms with E-state index in [0.29, 0.717) is 0 Å². The fraction of sp³-hybridized carbons (Fsp3) is 0.429. The van der Waals surface area contributed by atoms with E-state index in [1.807, 2.05) is 12.1 Å². The van der Waals surface area contributed by atoms with Crippen LogP contribution in [0, 0.1) is 5.92 Å². The lowest BCUT2D eigenvalue weighted by molar-refractivity contribution is 0.590. The first kappa shape index (κ1) is 18.8. The molecule has 120 valence electrons. The van der Waals surface area contributed by atoms with Crippen LogP contribution in [0.25, 0.3) is 0 Å². The van der Waals surface area contributed by atoms with Gasteiger partial charge in [-0.2, -0.15) is 0 Å². The summed E-state index contributed by atoms with van der Waals surface area (Å²) in [6, 6.07) is 17.3. The topological polar surface area (TPSA) is 0 Å². The first-order chi connectivity index (χ1) is 10.2. The number of thiol groups is 1. The summed E-state index contributed by atoms with van der Waals surface area (Å²) < 4.78 is 0. The molecule has 0 amide bonds. The highest BCUT2D eigenvalue weighted by atomic mass is 32.1. The van der Waals surface area contributed by atoms with Gasteiger partial charge in [-0.15, -0.1) is 12.6 Å². The van der Waals surface area contributed by atoms with E-state index in [9.17, 15) is 0 Å². The standard InChI is InChI=1S/C17H20S.C4H10/c1-17(2,3)15-8-4-13(5-9-15)12-14-6-10-16(18)11-7-14;1-4(2)3/h4-11,18H,12H2,1-3H3;4H,1-3H3. The number of hydrogen-bond acceptors (Lipinski definition) is 1. The van der Waals surface area contributed by atoms with Crippen molar-refractivity contribution in [2.24, 2.45) is 5.92 Å². The molecule has 0 saturated heterocycles. The van der Waals surface area contributed by atoms with Gasteiger partial charge in [-0.05, 0) is 46.6 Å². The van der Waals surface area contributed by atoms with Crippen molar-refractivity contribution in [1.29, 1.82) is 0 Å². The molecule has 0 aliphatic carbocycles. The van der Waals surface area contributed by atoms with E-state index < -0.39 is 0 Å². The summed E-state index contributed by atoms with van der Waals surface area (Å²) in [6.07, 6.45) is 0.985. The van der Waals surface area contributed by atoms with E-state index in [2.05, 4.69) is 90.6 Å². The lowest BCUT2D eigenvalue weighted by atomic mass is 9.86. The van der Waals surface area contributed by atoms with E-state index in [1.54, 1.807) is 0 Å². The number of hydrogen-bond donors (Lipinski definition) is 1. The Morgan fingerprint density at radius 1 is 0.773 bits per heavy atom. The molecule has 0 nitrogen and oxygen atoms in total. The summed E-state index contributed by atoms with van der Waals surface area (Å²) in [7, 11) is 0. The van der Waals surface area contributed by atoms with Gasteiger partial charge >= 0.3 is 0 Å². The third kappa shape index (κ3) is 7.17. The molecule has 2 rings (SSSR count). The normalized spacial score (nSPS) is 11.1. The highest BCUT2D eigenvalue weighted by Crippen LogP contribution is 2.23. The smallest absolute Gasteiger partial charge is 0.00401 e. The van der Waals surface area contributed by atoms with Gasteiger partial charge < -0.3 is 0 Å². The molecule has 0 saturated carbocycles. The van der Waals surface area contributed by atoms with Gasteiger partial charge in [0, 0.05) is 4.90 Å². The van der Waals surface area contributed by atoms with Crippen molar-refractivity contribution < 1.29 is 0 Å². The summed E-state index contributed by atoms with van der Waals surface area (Å²) in [5.74, 6) is 0.833.